The molecule has 0 amide bonds. The quantitative estimate of drug-likeness (QED) is 0.597. The van der Waals surface area contributed by atoms with Crippen LogP contribution in [0.1, 0.15) is 52.8 Å². The van der Waals surface area contributed by atoms with E-state index in [1.54, 1.807) is 0 Å². The van der Waals surface area contributed by atoms with Gasteiger partial charge in [0.05, 0.1) is 0 Å². The van der Waals surface area contributed by atoms with Gasteiger partial charge in [-0.3, -0.25) is 0 Å². The molecule has 2 rings (SSSR count). The second kappa shape index (κ2) is 6.35. The lowest BCUT2D eigenvalue weighted by molar-refractivity contribution is -0.180. The lowest BCUT2D eigenvalue weighted by atomic mass is 9.95. The van der Waals surface area contributed by atoms with E-state index in [1.165, 1.54) is 0 Å². The summed E-state index contributed by atoms with van der Waals surface area (Å²) < 4.78 is 4.41. The highest BCUT2D eigenvalue weighted by atomic mass is 16.5. The zero-order valence-corrected chi connectivity index (χ0v) is 10.2. The summed E-state index contributed by atoms with van der Waals surface area (Å²) in [5.74, 6) is -3.94. The Morgan fingerprint density at radius 1 is 0.947 bits per heavy atom. The second-order valence-electron chi connectivity index (χ2n) is 4.35. The van der Waals surface area contributed by atoms with Crippen molar-refractivity contribution >= 4 is 11.9 Å². The first kappa shape index (κ1) is 15.2. The monoisotopic (exact) mass is 272 g/mol. The lowest BCUT2D eigenvalue weighted by Gasteiger charge is -2.25. The Kier molecular flexibility index (Phi) is 5.08. The molecular formula is C12H16O7. The fourth-order valence-corrected chi connectivity index (χ4v) is 1.75. The summed E-state index contributed by atoms with van der Waals surface area (Å²) in [4.78, 5) is 20.5. The van der Waals surface area contributed by atoms with E-state index in [4.69, 9.17) is 20.4 Å². The number of furan rings is 1. The summed E-state index contributed by atoms with van der Waals surface area (Å²) in [6.45, 7) is 0. The van der Waals surface area contributed by atoms with E-state index in [2.05, 4.69) is 4.42 Å². The highest BCUT2D eigenvalue weighted by molar-refractivity contribution is 6.01. The molecule has 1 fully saturated rings. The van der Waals surface area contributed by atoms with Gasteiger partial charge in [-0.05, 0) is 12.8 Å². The van der Waals surface area contributed by atoms with Crippen molar-refractivity contribution in [2.24, 2.45) is 0 Å². The SMILES string of the molecule is O=C(O)c1cocc1C(=O)O.OC1(O)CCCCC1. The van der Waals surface area contributed by atoms with Crippen molar-refractivity contribution in [2.45, 2.75) is 37.9 Å². The molecule has 0 saturated heterocycles. The van der Waals surface area contributed by atoms with E-state index < -0.39 is 17.7 Å². The van der Waals surface area contributed by atoms with Crippen molar-refractivity contribution in [3.05, 3.63) is 23.7 Å². The molecule has 1 aromatic heterocycles. The standard InChI is InChI=1S/C6H4O5.C6H12O2/c7-5(8)3-1-11-2-4(3)6(9)10;7-6(8)4-2-1-3-5-6/h1-2H,(H,7,8)(H,9,10);7-8H,1-5H2. The molecule has 0 bridgehead atoms. The molecular weight excluding hydrogens is 256 g/mol. The number of hydrogen-bond acceptors (Lipinski definition) is 5. The second-order valence-corrected chi connectivity index (χ2v) is 4.35. The number of rotatable bonds is 2. The third-order valence-electron chi connectivity index (χ3n) is 2.78. The van der Waals surface area contributed by atoms with E-state index in [9.17, 15) is 9.59 Å². The third kappa shape index (κ3) is 4.72. The minimum atomic E-state index is -1.32. The third-order valence-corrected chi connectivity index (χ3v) is 2.78. The Balaban J connectivity index is 0.000000200. The van der Waals surface area contributed by atoms with Crippen LogP contribution in [0.2, 0.25) is 0 Å². The molecule has 1 aromatic rings. The summed E-state index contributed by atoms with van der Waals surface area (Å²) >= 11 is 0. The van der Waals surface area contributed by atoms with Crippen LogP contribution in [-0.4, -0.2) is 38.2 Å². The van der Waals surface area contributed by atoms with Crippen molar-refractivity contribution in [1.29, 1.82) is 0 Å². The molecule has 0 radical (unpaired) electrons. The van der Waals surface area contributed by atoms with Crippen LogP contribution in [0.3, 0.4) is 0 Å². The summed E-state index contributed by atoms with van der Waals surface area (Å²) in [7, 11) is 0. The van der Waals surface area contributed by atoms with Gasteiger partial charge in [-0.25, -0.2) is 9.59 Å². The largest absolute Gasteiger partial charge is 0.478 e. The van der Waals surface area contributed by atoms with Gasteiger partial charge >= 0.3 is 11.9 Å². The molecule has 0 atom stereocenters. The van der Waals surface area contributed by atoms with Crippen molar-refractivity contribution in [3.8, 4) is 0 Å². The van der Waals surface area contributed by atoms with E-state index in [-0.39, 0.29) is 11.1 Å². The van der Waals surface area contributed by atoms with Gasteiger partial charge in [0.15, 0.2) is 5.79 Å². The van der Waals surface area contributed by atoms with Gasteiger partial charge in [0.25, 0.3) is 0 Å². The molecule has 1 aliphatic rings. The van der Waals surface area contributed by atoms with E-state index in [0.29, 0.717) is 12.8 Å². The molecule has 19 heavy (non-hydrogen) atoms. The number of carbonyl (C=O) groups is 2. The van der Waals surface area contributed by atoms with E-state index in [0.717, 1.165) is 31.8 Å². The van der Waals surface area contributed by atoms with Crippen molar-refractivity contribution < 1.29 is 34.4 Å². The maximum absolute atomic E-state index is 10.3. The fraction of sp³-hybridized carbons (Fsp3) is 0.500. The molecule has 1 saturated carbocycles. The molecule has 0 aliphatic heterocycles. The molecule has 0 aromatic carbocycles. The van der Waals surface area contributed by atoms with Crippen LogP contribution in [-0.2, 0) is 0 Å². The van der Waals surface area contributed by atoms with E-state index in [1.807, 2.05) is 0 Å². The molecule has 0 spiro atoms. The molecule has 7 heteroatoms. The molecule has 1 heterocycles. The Bertz CT molecular complexity index is 410. The Hall–Kier alpha value is -1.86. The highest BCUT2D eigenvalue weighted by Gasteiger charge is 2.24. The number of hydrogen-bond donors (Lipinski definition) is 4. The zero-order chi connectivity index (χ0) is 14.5. The average Bonchev–Trinajstić information content (AvgIpc) is 2.78. The Morgan fingerprint density at radius 3 is 1.63 bits per heavy atom. The van der Waals surface area contributed by atoms with Gasteiger partial charge < -0.3 is 24.8 Å². The molecule has 7 nitrogen and oxygen atoms in total. The average molecular weight is 272 g/mol. The first-order valence-corrected chi connectivity index (χ1v) is 5.81. The summed E-state index contributed by atoms with van der Waals surface area (Å²) in [6.07, 6.45) is 5.97. The van der Waals surface area contributed by atoms with Crippen LogP contribution in [0.5, 0.6) is 0 Å². The lowest BCUT2D eigenvalue weighted by Crippen LogP contribution is -2.30. The van der Waals surface area contributed by atoms with Crippen molar-refractivity contribution in [3.63, 3.8) is 0 Å². The van der Waals surface area contributed by atoms with Crippen LogP contribution in [0.25, 0.3) is 0 Å². The van der Waals surface area contributed by atoms with Gasteiger partial charge in [0.2, 0.25) is 0 Å². The topological polar surface area (TPSA) is 128 Å². The molecule has 0 unspecified atom stereocenters. The predicted molar refractivity (Wildman–Crippen MR) is 62.9 cm³/mol. The normalized spacial score (nSPS) is 17.2. The van der Waals surface area contributed by atoms with Gasteiger partial charge in [0, 0.05) is 12.8 Å². The predicted octanol–water partition coefficient (Wildman–Crippen LogP) is 1.31. The van der Waals surface area contributed by atoms with Crippen LogP contribution >= 0.6 is 0 Å². The summed E-state index contributed by atoms with van der Waals surface area (Å²) in [5, 5.41) is 34.6. The number of aliphatic hydroxyl groups is 2. The summed E-state index contributed by atoms with van der Waals surface area (Å²) in [5.41, 5.74) is -0.671. The van der Waals surface area contributed by atoms with Crippen LogP contribution in [0, 0.1) is 0 Å². The van der Waals surface area contributed by atoms with Gasteiger partial charge in [-0.2, -0.15) is 0 Å². The minimum Gasteiger partial charge on any atom is -0.478 e. The molecule has 4 N–H and O–H groups in total. The van der Waals surface area contributed by atoms with E-state index >= 15 is 0 Å². The van der Waals surface area contributed by atoms with Crippen molar-refractivity contribution in [2.75, 3.05) is 0 Å². The maximum atomic E-state index is 10.3. The van der Waals surface area contributed by atoms with Gasteiger partial charge in [-0.1, -0.05) is 6.42 Å². The smallest absolute Gasteiger partial charge is 0.339 e. The van der Waals surface area contributed by atoms with Crippen LogP contribution < -0.4 is 0 Å². The molecule has 106 valence electrons. The first-order chi connectivity index (χ1) is 8.83. The Labute approximate surface area is 109 Å². The number of carboxylic acids is 2. The fourth-order valence-electron chi connectivity index (χ4n) is 1.75. The number of aromatic carboxylic acids is 2. The van der Waals surface area contributed by atoms with Crippen molar-refractivity contribution in [1.82, 2.24) is 0 Å². The number of carboxylic acid groups (broad SMARTS) is 2. The van der Waals surface area contributed by atoms with Crippen LogP contribution in [0.15, 0.2) is 16.9 Å². The first-order valence-electron chi connectivity index (χ1n) is 5.81. The summed E-state index contributed by atoms with van der Waals surface area (Å²) in [6, 6.07) is 0. The zero-order valence-electron chi connectivity index (χ0n) is 10.2. The highest BCUT2D eigenvalue weighted by Crippen LogP contribution is 2.24. The Morgan fingerprint density at radius 2 is 1.37 bits per heavy atom. The molecule has 1 aliphatic carbocycles. The van der Waals surface area contributed by atoms with Gasteiger partial charge in [-0.15, -0.1) is 0 Å². The minimum absolute atomic E-state index is 0.336. The maximum Gasteiger partial charge on any atom is 0.339 e. The van der Waals surface area contributed by atoms with Gasteiger partial charge in [0.1, 0.15) is 23.7 Å². The van der Waals surface area contributed by atoms with Crippen LogP contribution in [0.4, 0.5) is 0 Å².